The molecule has 0 saturated carbocycles. The van der Waals surface area contributed by atoms with Crippen molar-refractivity contribution in [2.75, 3.05) is 0 Å². The van der Waals surface area contributed by atoms with Crippen molar-refractivity contribution in [3.8, 4) is 11.3 Å². The number of alkyl halides is 3. The molecule has 1 N–H and O–H groups in total. The SMILES string of the molecule is Fc1cccc(-c2cc(C(F)(F)F)cc(=S)[nH]2)c1F. The number of hydrogen-bond donors (Lipinski definition) is 1. The van der Waals surface area contributed by atoms with E-state index in [2.05, 4.69) is 17.2 Å². The first-order valence-electron chi connectivity index (χ1n) is 5.05. The molecule has 2 rings (SSSR count). The van der Waals surface area contributed by atoms with Crippen LogP contribution in [-0.4, -0.2) is 4.98 Å². The van der Waals surface area contributed by atoms with Gasteiger partial charge in [-0.25, -0.2) is 8.78 Å². The van der Waals surface area contributed by atoms with E-state index >= 15 is 0 Å². The van der Waals surface area contributed by atoms with Gasteiger partial charge in [0.15, 0.2) is 11.6 Å². The average molecular weight is 291 g/mol. The first kappa shape index (κ1) is 13.7. The van der Waals surface area contributed by atoms with E-state index in [0.29, 0.717) is 6.07 Å². The summed E-state index contributed by atoms with van der Waals surface area (Å²) in [7, 11) is 0. The molecular formula is C12H6F5NS. The molecular weight excluding hydrogens is 285 g/mol. The second kappa shape index (κ2) is 4.73. The van der Waals surface area contributed by atoms with Crippen LogP contribution in [0.1, 0.15) is 5.56 Å². The fourth-order valence-electron chi connectivity index (χ4n) is 1.56. The van der Waals surface area contributed by atoms with Crippen molar-refractivity contribution < 1.29 is 22.0 Å². The number of aromatic amines is 1. The highest BCUT2D eigenvalue weighted by molar-refractivity contribution is 7.71. The fraction of sp³-hybridized carbons (Fsp3) is 0.0833. The Labute approximate surface area is 109 Å². The smallest absolute Gasteiger partial charge is 0.346 e. The van der Waals surface area contributed by atoms with Gasteiger partial charge >= 0.3 is 6.18 Å². The number of benzene rings is 1. The van der Waals surface area contributed by atoms with Crippen molar-refractivity contribution in [2.24, 2.45) is 0 Å². The van der Waals surface area contributed by atoms with E-state index in [-0.39, 0.29) is 15.9 Å². The Morgan fingerprint density at radius 1 is 1.05 bits per heavy atom. The Hall–Kier alpha value is -1.76. The molecule has 7 heteroatoms. The van der Waals surface area contributed by atoms with Gasteiger partial charge < -0.3 is 4.98 Å². The van der Waals surface area contributed by atoms with Gasteiger partial charge in [0.05, 0.1) is 11.3 Å². The molecule has 1 nitrogen and oxygen atoms in total. The third kappa shape index (κ3) is 2.81. The third-order valence-electron chi connectivity index (χ3n) is 2.41. The maximum absolute atomic E-state index is 13.5. The van der Waals surface area contributed by atoms with E-state index in [4.69, 9.17) is 0 Å². The number of rotatable bonds is 1. The van der Waals surface area contributed by atoms with Crippen LogP contribution in [0.5, 0.6) is 0 Å². The predicted molar refractivity (Wildman–Crippen MR) is 62.0 cm³/mol. The van der Waals surface area contributed by atoms with E-state index in [0.717, 1.165) is 12.1 Å². The highest BCUT2D eigenvalue weighted by atomic mass is 32.1. The maximum atomic E-state index is 13.5. The van der Waals surface area contributed by atoms with Crippen LogP contribution in [0.2, 0.25) is 0 Å². The molecule has 0 saturated heterocycles. The summed E-state index contributed by atoms with van der Waals surface area (Å²) >= 11 is 4.66. The Balaban J connectivity index is 2.67. The first-order valence-corrected chi connectivity index (χ1v) is 5.46. The van der Waals surface area contributed by atoms with Gasteiger partial charge in [0, 0.05) is 5.56 Å². The van der Waals surface area contributed by atoms with Crippen LogP contribution in [0.3, 0.4) is 0 Å². The van der Waals surface area contributed by atoms with Crippen LogP contribution in [0.25, 0.3) is 11.3 Å². The first-order chi connectivity index (χ1) is 8.79. The standard InChI is InChI=1S/C12H6F5NS/c13-8-3-1-2-7(11(8)14)9-4-6(12(15,16)17)5-10(19)18-9/h1-5H,(H,18,19). The second-order valence-electron chi connectivity index (χ2n) is 3.75. The summed E-state index contributed by atoms with van der Waals surface area (Å²) in [4.78, 5) is 2.41. The molecule has 1 heterocycles. The zero-order valence-corrected chi connectivity index (χ0v) is 10.0. The maximum Gasteiger partial charge on any atom is 0.416 e. The number of pyridine rings is 1. The summed E-state index contributed by atoms with van der Waals surface area (Å²) in [5, 5.41) is 0. The minimum atomic E-state index is -4.61. The quantitative estimate of drug-likeness (QED) is 0.594. The van der Waals surface area contributed by atoms with Gasteiger partial charge in [-0.2, -0.15) is 13.2 Å². The molecule has 1 aromatic carbocycles. The molecule has 0 aliphatic rings. The fourth-order valence-corrected chi connectivity index (χ4v) is 1.80. The lowest BCUT2D eigenvalue weighted by Gasteiger charge is -2.10. The number of nitrogens with one attached hydrogen (secondary N) is 1. The summed E-state index contributed by atoms with van der Waals surface area (Å²) in [6.45, 7) is 0. The molecule has 0 unspecified atom stereocenters. The average Bonchev–Trinajstić information content (AvgIpc) is 2.31. The molecule has 0 bridgehead atoms. The molecule has 19 heavy (non-hydrogen) atoms. The minimum absolute atomic E-state index is 0.214. The van der Waals surface area contributed by atoms with Crippen LogP contribution in [0.15, 0.2) is 30.3 Å². The van der Waals surface area contributed by atoms with Crippen LogP contribution in [0.4, 0.5) is 22.0 Å². The van der Waals surface area contributed by atoms with E-state index < -0.39 is 23.4 Å². The molecule has 0 fully saturated rings. The number of hydrogen-bond acceptors (Lipinski definition) is 1. The Bertz CT molecular complexity index is 675. The van der Waals surface area contributed by atoms with Crippen molar-refractivity contribution in [1.82, 2.24) is 4.98 Å². The highest BCUT2D eigenvalue weighted by Gasteiger charge is 2.31. The molecule has 0 amide bonds. The molecule has 100 valence electrons. The Morgan fingerprint density at radius 2 is 1.74 bits per heavy atom. The van der Waals surface area contributed by atoms with Crippen LogP contribution < -0.4 is 0 Å². The molecule has 0 aliphatic heterocycles. The van der Waals surface area contributed by atoms with Crippen molar-refractivity contribution in [3.05, 3.63) is 52.2 Å². The zero-order valence-electron chi connectivity index (χ0n) is 9.18. The lowest BCUT2D eigenvalue weighted by Crippen LogP contribution is -2.06. The lowest BCUT2D eigenvalue weighted by atomic mass is 10.1. The van der Waals surface area contributed by atoms with E-state index in [1.807, 2.05) is 0 Å². The van der Waals surface area contributed by atoms with Crippen LogP contribution >= 0.6 is 12.2 Å². The molecule has 0 spiro atoms. The summed E-state index contributed by atoms with van der Waals surface area (Å²) in [5.74, 6) is -2.37. The van der Waals surface area contributed by atoms with Crippen LogP contribution in [-0.2, 0) is 6.18 Å². The minimum Gasteiger partial charge on any atom is -0.346 e. The number of H-pyrrole nitrogens is 1. The number of aromatic nitrogens is 1. The normalized spacial score (nSPS) is 11.6. The van der Waals surface area contributed by atoms with E-state index in [9.17, 15) is 22.0 Å². The second-order valence-corrected chi connectivity index (χ2v) is 4.19. The van der Waals surface area contributed by atoms with Gasteiger partial charge in [0.25, 0.3) is 0 Å². The molecule has 1 aromatic heterocycles. The van der Waals surface area contributed by atoms with Gasteiger partial charge in [0.1, 0.15) is 4.64 Å². The zero-order chi connectivity index (χ0) is 14.2. The highest BCUT2D eigenvalue weighted by Crippen LogP contribution is 2.32. The van der Waals surface area contributed by atoms with Crippen molar-refractivity contribution in [1.29, 1.82) is 0 Å². The predicted octanol–water partition coefficient (Wildman–Crippen LogP) is 4.71. The van der Waals surface area contributed by atoms with Crippen molar-refractivity contribution >= 4 is 12.2 Å². The largest absolute Gasteiger partial charge is 0.416 e. The summed E-state index contributed by atoms with van der Waals surface area (Å²) in [6.07, 6.45) is -4.61. The summed E-state index contributed by atoms with van der Waals surface area (Å²) in [6, 6.07) is 4.65. The monoisotopic (exact) mass is 291 g/mol. The van der Waals surface area contributed by atoms with Gasteiger partial charge in [-0.1, -0.05) is 18.3 Å². The van der Waals surface area contributed by atoms with Gasteiger partial charge in [-0.15, -0.1) is 0 Å². The Kier molecular flexibility index (Phi) is 3.40. The molecule has 0 radical (unpaired) electrons. The molecule has 0 aliphatic carbocycles. The van der Waals surface area contributed by atoms with E-state index in [1.54, 1.807) is 0 Å². The summed E-state index contributed by atoms with van der Waals surface area (Å²) < 4.78 is 64.2. The van der Waals surface area contributed by atoms with Crippen LogP contribution in [0, 0.1) is 16.3 Å². The van der Waals surface area contributed by atoms with Gasteiger partial charge in [0.2, 0.25) is 0 Å². The third-order valence-corrected chi connectivity index (χ3v) is 2.63. The topological polar surface area (TPSA) is 15.8 Å². The lowest BCUT2D eigenvalue weighted by molar-refractivity contribution is -0.137. The molecule has 2 aromatic rings. The van der Waals surface area contributed by atoms with Gasteiger partial charge in [-0.3, -0.25) is 0 Å². The summed E-state index contributed by atoms with van der Waals surface area (Å²) in [5.41, 5.74) is -1.55. The molecule has 0 atom stereocenters. The number of halogens is 5. The van der Waals surface area contributed by atoms with Gasteiger partial charge in [-0.05, 0) is 24.3 Å². The van der Waals surface area contributed by atoms with Crippen molar-refractivity contribution in [2.45, 2.75) is 6.18 Å². The van der Waals surface area contributed by atoms with Crippen molar-refractivity contribution in [3.63, 3.8) is 0 Å². The van der Waals surface area contributed by atoms with E-state index in [1.165, 1.54) is 12.1 Å². The Morgan fingerprint density at radius 3 is 2.37 bits per heavy atom.